The lowest BCUT2D eigenvalue weighted by Gasteiger charge is -2.23. The molecule has 2 rings (SSSR count). The smallest absolute Gasteiger partial charge is 0.263 e. The van der Waals surface area contributed by atoms with Crippen LogP contribution in [0.15, 0.2) is 24.3 Å². The molecular formula is C15H21NO3. The number of carbonyl (C=O) groups excluding carboxylic acids is 1. The lowest BCUT2D eigenvalue weighted by molar-refractivity contribution is -0.137. The van der Waals surface area contributed by atoms with Gasteiger partial charge in [-0.2, -0.15) is 0 Å². The van der Waals surface area contributed by atoms with Crippen molar-refractivity contribution in [2.45, 2.75) is 38.9 Å². The van der Waals surface area contributed by atoms with Gasteiger partial charge in [-0.1, -0.05) is 12.1 Å². The van der Waals surface area contributed by atoms with E-state index in [0.29, 0.717) is 25.3 Å². The van der Waals surface area contributed by atoms with Crippen molar-refractivity contribution >= 4 is 5.91 Å². The molecule has 2 atom stereocenters. The second kappa shape index (κ2) is 5.21. The first-order valence-corrected chi connectivity index (χ1v) is 6.62. The maximum absolute atomic E-state index is 12.2. The number of hydrogen-bond acceptors (Lipinski definition) is 3. The predicted octanol–water partition coefficient (Wildman–Crippen LogP) is 1.75. The van der Waals surface area contributed by atoms with E-state index < -0.39 is 11.7 Å². The number of likely N-dealkylation sites (tertiary alicyclic amines) is 1. The third-order valence-electron chi connectivity index (χ3n) is 3.41. The van der Waals surface area contributed by atoms with Gasteiger partial charge in [0.2, 0.25) is 0 Å². The van der Waals surface area contributed by atoms with Crippen LogP contribution in [0.1, 0.15) is 25.8 Å². The highest BCUT2D eigenvalue weighted by atomic mass is 16.5. The van der Waals surface area contributed by atoms with Crippen molar-refractivity contribution in [2.75, 3.05) is 13.1 Å². The lowest BCUT2D eigenvalue weighted by Crippen LogP contribution is -2.41. The van der Waals surface area contributed by atoms with E-state index in [0.717, 1.165) is 5.56 Å². The molecule has 0 aliphatic carbocycles. The molecule has 1 heterocycles. The summed E-state index contributed by atoms with van der Waals surface area (Å²) in [5.41, 5.74) is 0.333. The Kier molecular flexibility index (Phi) is 3.80. The van der Waals surface area contributed by atoms with E-state index in [4.69, 9.17) is 4.74 Å². The van der Waals surface area contributed by atoms with Gasteiger partial charge in [-0.3, -0.25) is 4.79 Å². The topological polar surface area (TPSA) is 49.8 Å². The Morgan fingerprint density at radius 2 is 2.26 bits per heavy atom. The van der Waals surface area contributed by atoms with Gasteiger partial charge in [-0.25, -0.2) is 0 Å². The third-order valence-corrected chi connectivity index (χ3v) is 3.41. The van der Waals surface area contributed by atoms with Crippen LogP contribution in [-0.2, 0) is 4.79 Å². The van der Waals surface area contributed by atoms with Gasteiger partial charge >= 0.3 is 0 Å². The molecule has 0 saturated carbocycles. The molecule has 1 amide bonds. The van der Waals surface area contributed by atoms with Crippen molar-refractivity contribution in [3.05, 3.63) is 29.8 Å². The van der Waals surface area contributed by atoms with Crippen molar-refractivity contribution in [1.29, 1.82) is 0 Å². The average molecular weight is 263 g/mol. The molecule has 0 radical (unpaired) electrons. The molecular weight excluding hydrogens is 242 g/mol. The summed E-state index contributed by atoms with van der Waals surface area (Å²) in [5, 5.41) is 9.89. The minimum atomic E-state index is -0.765. The Labute approximate surface area is 114 Å². The van der Waals surface area contributed by atoms with Crippen LogP contribution in [0.2, 0.25) is 0 Å². The number of hydrogen-bond donors (Lipinski definition) is 1. The first-order valence-electron chi connectivity index (χ1n) is 6.62. The monoisotopic (exact) mass is 263 g/mol. The normalized spacial score (nSPS) is 24.3. The number of β-amino-alcohol motifs (C(OH)–C–C–N with tert-alkyl or cyclic N) is 1. The lowest BCUT2D eigenvalue weighted by atomic mass is 10.1. The fourth-order valence-electron chi connectivity index (χ4n) is 2.33. The van der Waals surface area contributed by atoms with E-state index >= 15 is 0 Å². The number of ether oxygens (including phenoxy) is 1. The Morgan fingerprint density at radius 3 is 2.84 bits per heavy atom. The van der Waals surface area contributed by atoms with Gasteiger partial charge < -0.3 is 14.7 Å². The van der Waals surface area contributed by atoms with E-state index in [1.807, 2.05) is 31.2 Å². The second-order valence-electron chi connectivity index (χ2n) is 5.58. The van der Waals surface area contributed by atoms with Crippen LogP contribution in [0.3, 0.4) is 0 Å². The van der Waals surface area contributed by atoms with Crippen LogP contribution in [0, 0.1) is 6.92 Å². The van der Waals surface area contributed by atoms with Crippen LogP contribution in [0.25, 0.3) is 0 Å². The van der Waals surface area contributed by atoms with Crippen LogP contribution < -0.4 is 4.74 Å². The molecule has 4 nitrogen and oxygen atoms in total. The number of benzene rings is 1. The van der Waals surface area contributed by atoms with Gasteiger partial charge in [0, 0.05) is 13.1 Å². The zero-order chi connectivity index (χ0) is 14.0. The molecule has 2 unspecified atom stereocenters. The molecule has 1 saturated heterocycles. The number of carbonyl (C=O) groups is 1. The van der Waals surface area contributed by atoms with Gasteiger partial charge in [0.05, 0.1) is 5.60 Å². The van der Waals surface area contributed by atoms with Crippen LogP contribution in [0.4, 0.5) is 0 Å². The van der Waals surface area contributed by atoms with Gasteiger partial charge in [0.15, 0.2) is 6.10 Å². The molecule has 0 bridgehead atoms. The van der Waals surface area contributed by atoms with Crippen molar-refractivity contribution in [3.8, 4) is 5.75 Å². The van der Waals surface area contributed by atoms with Crippen LogP contribution in [-0.4, -0.2) is 40.7 Å². The van der Waals surface area contributed by atoms with Crippen molar-refractivity contribution in [2.24, 2.45) is 0 Å². The molecule has 0 spiro atoms. The quantitative estimate of drug-likeness (QED) is 0.903. The number of aryl methyl sites for hydroxylation is 1. The van der Waals surface area contributed by atoms with Crippen molar-refractivity contribution < 1.29 is 14.6 Å². The van der Waals surface area contributed by atoms with E-state index in [-0.39, 0.29) is 5.91 Å². The van der Waals surface area contributed by atoms with E-state index in [1.54, 1.807) is 18.7 Å². The van der Waals surface area contributed by atoms with Gasteiger partial charge in [0.1, 0.15) is 5.75 Å². The van der Waals surface area contributed by atoms with Crippen LogP contribution in [0.5, 0.6) is 5.75 Å². The SMILES string of the molecule is Cc1cccc(OC(C)C(=O)N2CCC(C)(O)C2)c1. The first kappa shape index (κ1) is 13.9. The Morgan fingerprint density at radius 1 is 1.53 bits per heavy atom. The first-order chi connectivity index (χ1) is 8.87. The highest BCUT2D eigenvalue weighted by molar-refractivity contribution is 5.81. The molecule has 1 aromatic rings. The fraction of sp³-hybridized carbons (Fsp3) is 0.533. The molecule has 1 fully saturated rings. The maximum atomic E-state index is 12.2. The standard InChI is InChI=1S/C15H21NO3/c1-11-5-4-6-13(9-11)19-12(2)14(17)16-8-7-15(3,18)10-16/h4-6,9,12,18H,7-8,10H2,1-3H3. The number of aliphatic hydroxyl groups is 1. The van der Waals surface area contributed by atoms with Crippen LogP contribution >= 0.6 is 0 Å². The van der Waals surface area contributed by atoms with E-state index in [2.05, 4.69) is 0 Å². The maximum Gasteiger partial charge on any atom is 0.263 e. The minimum absolute atomic E-state index is 0.0701. The van der Waals surface area contributed by atoms with E-state index in [1.165, 1.54) is 0 Å². The number of rotatable bonds is 3. The van der Waals surface area contributed by atoms with Gasteiger partial charge in [-0.05, 0) is 44.9 Å². The molecule has 1 aliphatic rings. The highest BCUT2D eigenvalue weighted by Crippen LogP contribution is 2.22. The molecule has 1 aromatic carbocycles. The predicted molar refractivity (Wildman–Crippen MR) is 73.1 cm³/mol. The van der Waals surface area contributed by atoms with Crippen molar-refractivity contribution in [1.82, 2.24) is 4.90 Å². The highest BCUT2D eigenvalue weighted by Gasteiger charge is 2.36. The summed E-state index contributed by atoms with van der Waals surface area (Å²) in [5.74, 6) is 0.631. The average Bonchev–Trinajstić information content (AvgIpc) is 2.68. The molecule has 19 heavy (non-hydrogen) atoms. The molecule has 1 aliphatic heterocycles. The van der Waals surface area contributed by atoms with Gasteiger partial charge in [0.25, 0.3) is 5.91 Å². The second-order valence-corrected chi connectivity index (χ2v) is 5.58. The van der Waals surface area contributed by atoms with Crippen molar-refractivity contribution in [3.63, 3.8) is 0 Å². The summed E-state index contributed by atoms with van der Waals surface area (Å²) in [4.78, 5) is 13.9. The molecule has 0 aromatic heterocycles. The molecule has 4 heteroatoms. The zero-order valence-electron chi connectivity index (χ0n) is 11.7. The fourth-order valence-corrected chi connectivity index (χ4v) is 2.33. The van der Waals surface area contributed by atoms with Gasteiger partial charge in [-0.15, -0.1) is 0 Å². The summed E-state index contributed by atoms with van der Waals surface area (Å²) in [6.45, 7) is 6.46. The Hall–Kier alpha value is -1.55. The van der Waals surface area contributed by atoms with E-state index in [9.17, 15) is 9.90 Å². The largest absolute Gasteiger partial charge is 0.481 e. The summed E-state index contributed by atoms with van der Waals surface area (Å²) >= 11 is 0. The minimum Gasteiger partial charge on any atom is -0.481 e. The third kappa shape index (κ3) is 3.47. The summed E-state index contributed by atoms with van der Waals surface area (Å²) in [6, 6.07) is 7.64. The Bertz CT molecular complexity index is 470. The summed E-state index contributed by atoms with van der Waals surface area (Å²) in [7, 11) is 0. The summed E-state index contributed by atoms with van der Waals surface area (Å²) < 4.78 is 5.66. The molecule has 1 N–H and O–H groups in total. The molecule has 104 valence electrons. The zero-order valence-corrected chi connectivity index (χ0v) is 11.7. The summed E-state index contributed by atoms with van der Waals surface area (Å²) in [6.07, 6.45) is 0.0892. The number of nitrogens with zero attached hydrogens (tertiary/aromatic N) is 1. The number of amides is 1. The Balaban J connectivity index is 1.97.